The molecule has 5 aliphatic heterocycles. The number of carboxylic acids is 1. The zero-order chi connectivity index (χ0) is 63.7. The van der Waals surface area contributed by atoms with Gasteiger partial charge in [0.1, 0.15) is 104 Å². The lowest BCUT2D eigenvalue weighted by Crippen LogP contribution is -2.68. The molecule has 16 N–H and O–H groups in total. The number of ether oxygens (including phenoxy) is 10. The van der Waals surface area contributed by atoms with Crippen LogP contribution in [-0.2, 0) is 52.2 Å². The molecule has 0 spiro atoms. The molecule has 87 heavy (non-hydrogen) atoms. The molecule has 5 saturated heterocycles. The van der Waals surface area contributed by atoms with E-state index in [4.69, 9.17) is 47.4 Å². The van der Waals surface area contributed by atoms with Crippen molar-refractivity contribution in [1.82, 2.24) is 0 Å². The topological polar surface area (TPSA) is 433 Å². The van der Waals surface area contributed by atoms with E-state index in [1.807, 2.05) is 6.92 Å². The number of aliphatic carboxylic acids is 1. The molecule has 500 valence electrons. The van der Waals surface area contributed by atoms with Gasteiger partial charge in [-0.15, -0.1) is 0 Å². The van der Waals surface area contributed by atoms with Crippen LogP contribution in [-0.4, -0.2) is 273 Å². The van der Waals surface area contributed by atoms with E-state index in [-0.39, 0.29) is 40.6 Å². The number of hydrogen-bond acceptors (Lipinski definition) is 26. The first-order valence-electron chi connectivity index (χ1n) is 31.1. The minimum absolute atomic E-state index is 0.0103. The molecule has 27 heteroatoms. The minimum atomic E-state index is -2.13. The summed E-state index contributed by atoms with van der Waals surface area (Å²) in [7, 11) is 0. The third kappa shape index (κ3) is 11.3. The van der Waals surface area contributed by atoms with Gasteiger partial charge < -0.3 is 129 Å². The van der Waals surface area contributed by atoms with Gasteiger partial charge in [-0.2, -0.15) is 0 Å². The molecule has 10 rings (SSSR count). The quantitative estimate of drug-likeness (QED) is 0.0625. The van der Waals surface area contributed by atoms with Gasteiger partial charge in [0.25, 0.3) is 0 Å². The highest BCUT2D eigenvalue weighted by Crippen LogP contribution is 2.76. The Morgan fingerprint density at radius 2 is 0.977 bits per heavy atom. The molecule has 0 unspecified atom stereocenters. The Hall–Kier alpha value is -1.79. The van der Waals surface area contributed by atoms with Crippen LogP contribution in [0.4, 0.5) is 0 Å². The maximum Gasteiger partial charge on any atom is 0.335 e. The van der Waals surface area contributed by atoms with Gasteiger partial charge in [-0.25, -0.2) is 4.79 Å². The Bertz CT molecular complexity index is 2440. The fourth-order valence-electron chi connectivity index (χ4n) is 18.0. The summed E-state index contributed by atoms with van der Waals surface area (Å²) in [6.45, 7) is 16.5. The van der Waals surface area contributed by atoms with Crippen LogP contribution in [0.25, 0.3) is 0 Å². The normalized spacial score (nSPS) is 56.0. The lowest BCUT2D eigenvalue weighted by atomic mass is 9.33. The monoisotopic (exact) mass is 1250 g/mol. The number of carboxylic acid groups (broad SMARTS) is 1. The molecule has 0 bridgehead atoms. The molecular weight excluding hydrogens is 1150 g/mol. The van der Waals surface area contributed by atoms with Crippen molar-refractivity contribution in [3.63, 3.8) is 0 Å². The number of fused-ring (bicyclic) bond motifs is 7. The average Bonchev–Trinajstić information content (AvgIpc) is 0.698. The molecule has 5 heterocycles. The van der Waals surface area contributed by atoms with Crippen molar-refractivity contribution in [3.8, 4) is 0 Å². The molecule has 9 fully saturated rings. The van der Waals surface area contributed by atoms with Crippen LogP contribution in [0.5, 0.6) is 0 Å². The van der Waals surface area contributed by atoms with Crippen LogP contribution in [0.3, 0.4) is 0 Å². The molecule has 5 aliphatic carbocycles. The molecule has 4 saturated carbocycles. The standard InChI is InChI=1S/C60H98O27/c1-23-33(64)37(68)43(74)50(78-23)85-46-39(70)35(66)27(20-61)80-52(46)83-32-19-55(3,4)18-26-25-10-11-30-57(6)14-13-31(58(7,22-63)29(57)12-15-60(30,9)59(25,8)17-16-56(26,32)5)82-54-48(42(73)41(72)45(84-54)49(76)77)87-53-47(40(71)36(67)28(21-62)81-53)86-51-44(75)38(69)34(65)24(2)79-51/h10,23-24,26-48,50-54,61-75H,11-22H2,1-9H3,(H,76,77)/t23-,24+,26-,27+,28+,29-,30-,31-,32-,33-,34+,35-,36-,37+,38+,39+,40-,41-,42+,43-,44-,45+,46-,47-,48-,50+,51-,52-,53+,54-,56-,57+,58-,59-,60-/m0/s1. The summed E-state index contributed by atoms with van der Waals surface area (Å²) >= 11 is 0. The van der Waals surface area contributed by atoms with E-state index < -0.39 is 201 Å². The van der Waals surface area contributed by atoms with Crippen molar-refractivity contribution in [3.05, 3.63) is 11.6 Å². The highest BCUT2D eigenvalue weighted by Gasteiger charge is 2.71. The fourth-order valence-corrected chi connectivity index (χ4v) is 18.0. The predicted octanol–water partition coefficient (Wildman–Crippen LogP) is -2.62. The predicted molar refractivity (Wildman–Crippen MR) is 294 cm³/mol. The molecule has 0 aromatic rings. The molecule has 0 aromatic heterocycles. The third-order valence-corrected chi connectivity index (χ3v) is 23.7. The Morgan fingerprint density at radius 3 is 1.48 bits per heavy atom. The third-order valence-electron chi connectivity index (χ3n) is 23.7. The van der Waals surface area contributed by atoms with Gasteiger partial charge in [-0.05, 0) is 111 Å². The smallest absolute Gasteiger partial charge is 0.335 e. The number of hydrogen-bond donors (Lipinski definition) is 16. The van der Waals surface area contributed by atoms with Crippen LogP contribution < -0.4 is 0 Å². The van der Waals surface area contributed by atoms with Crippen molar-refractivity contribution in [1.29, 1.82) is 0 Å². The molecule has 27 nitrogen and oxygen atoms in total. The Balaban J connectivity index is 0.905. The van der Waals surface area contributed by atoms with Gasteiger partial charge in [0, 0.05) is 10.8 Å². The van der Waals surface area contributed by atoms with Gasteiger partial charge in [0.15, 0.2) is 37.6 Å². The fraction of sp³-hybridized carbons (Fsp3) is 0.950. The average molecular weight is 1250 g/mol. The Kier molecular flexibility index (Phi) is 19.4. The van der Waals surface area contributed by atoms with Crippen LogP contribution in [0.1, 0.15) is 120 Å². The SMILES string of the molecule is C[C@@H]1O[C@H](O[C@@H]2[C@H](O[C@H]3CC(C)(C)C[C@H]4C5=CC[C@H]6[C@]7(C)CC[C@H](O[C@H]8O[C@@H](C(=O)O)[C@@H](O)[C@@H](O)[C@@H]8O[C@H]8O[C@H](CO)[C@H](O)[C@H](O)[C@@H]8O[C@@H]8O[C@H](C)[C@@H](O)[C@@H](O)[C@@H]8O)[C@@](C)(CO)[C@H]7CC[C@]6(C)[C@@]5(C)CC[C@]34C)O[C@H](CO)[C@H](O)[C@H]2O)[C@@H](O)[C@H](O)[C@H]1O. The molecule has 35 atom stereocenters. The molecule has 10 aliphatic rings. The van der Waals surface area contributed by atoms with E-state index in [0.29, 0.717) is 38.5 Å². The molecule has 0 radical (unpaired) electrons. The van der Waals surface area contributed by atoms with Gasteiger partial charge in [-0.3, -0.25) is 0 Å². The van der Waals surface area contributed by atoms with E-state index in [1.165, 1.54) is 19.4 Å². The number of carbonyl (C=O) groups is 1. The molecule has 0 aromatic carbocycles. The van der Waals surface area contributed by atoms with Crippen molar-refractivity contribution >= 4 is 5.97 Å². The second-order valence-corrected chi connectivity index (χ2v) is 29.2. The second-order valence-electron chi connectivity index (χ2n) is 29.2. The van der Waals surface area contributed by atoms with Crippen molar-refractivity contribution in [2.75, 3.05) is 19.8 Å². The number of rotatable bonds is 14. The second kappa shape index (κ2) is 24.8. The van der Waals surface area contributed by atoms with Gasteiger partial charge in [-0.1, -0.05) is 60.1 Å². The van der Waals surface area contributed by atoms with E-state index in [2.05, 4.69) is 47.6 Å². The summed E-state index contributed by atoms with van der Waals surface area (Å²) in [5.41, 5.74) is -1.60. The zero-order valence-corrected chi connectivity index (χ0v) is 51.0. The maximum atomic E-state index is 12.7. The summed E-state index contributed by atoms with van der Waals surface area (Å²) in [5, 5.41) is 174. The summed E-state index contributed by atoms with van der Waals surface area (Å²) in [5.74, 6) is -1.79. The van der Waals surface area contributed by atoms with E-state index in [9.17, 15) is 86.5 Å². The Labute approximate surface area is 506 Å². The lowest BCUT2D eigenvalue weighted by molar-refractivity contribution is -0.396. The largest absolute Gasteiger partial charge is 0.479 e. The van der Waals surface area contributed by atoms with Crippen LogP contribution in [0.2, 0.25) is 0 Å². The number of aliphatic hydroxyl groups is 15. The van der Waals surface area contributed by atoms with Crippen molar-refractivity contribution in [2.45, 2.75) is 286 Å². The van der Waals surface area contributed by atoms with Crippen molar-refractivity contribution in [2.24, 2.45) is 50.2 Å². The highest BCUT2D eigenvalue weighted by molar-refractivity contribution is 5.73. The zero-order valence-electron chi connectivity index (χ0n) is 51.0. The summed E-state index contributed by atoms with van der Waals surface area (Å²) in [6, 6.07) is 0. The van der Waals surface area contributed by atoms with Crippen LogP contribution in [0, 0.1) is 50.2 Å². The van der Waals surface area contributed by atoms with E-state index >= 15 is 0 Å². The number of aliphatic hydroxyl groups excluding tert-OH is 15. The van der Waals surface area contributed by atoms with Crippen LogP contribution in [0.15, 0.2) is 11.6 Å². The molecular formula is C60H98O27. The van der Waals surface area contributed by atoms with Gasteiger partial charge in [0.05, 0.1) is 44.2 Å². The first kappa shape index (κ1) is 68.1. The molecule has 0 amide bonds. The van der Waals surface area contributed by atoms with Gasteiger partial charge in [0.2, 0.25) is 0 Å². The first-order valence-corrected chi connectivity index (χ1v) is 31.1. The van der Waals surface area contributed by atoms with E-state index in [0.717, 1.165) is 19.3 Å². The summed E-state index contributed by atoms with van der Waals surface area (Å²) in [4.78, 5) is 12.7. The summed E-state index contributed by atoms with van der Waals surface area (Å²) < 4.78 is 61.6. The minimum Gasteiger partial charge on any atom is -0.479 e. The van der Waals surface area contributed by atoms with Gasteiger partial charge >= 0.3 is 5.97 Å². The lowest BCUT2D eigenvalue weighted by Gasteiger charge is -2.72. The van der Waals surface area contributed by atoms with Crippen LogP contribution >= 0.6 is 0 Å². The maximum absolute atomic E-state index is 12.7. The van der Waals surface area contributed by atoms with E-state index in [1.54, 1.807) is 0 Å². The van der Waals surface area contributed by atoms with Crippen molar-refractivity contribution < 1.29 is 134 Å². The summed E-state index contributed by atoms with van der Waals surface area (Å²) in [6.07, 6.45) is -35.0. The Morgan fingerprint density at radius 1 is 0.494 bits per heavy atom. The highest BCUT2D eigenvalue weighted by atomic mass is 16.8. The number of allylic oxidation sites excluding steroid dienone is 2. The first-order chi connectivity index (χ1) is 40.7.